The number of hydrogen-bond acceptors (Lipinski definition) is 3. The smallest absolute Gasteiger partial charge is 0.338 e. The van der Waals surface area contributed by atoms with Crippen molar-refractivity contribution in [2.75, 3.05) is 0 Å². The van der Waals surface area contributed by atoms with Crippen molar-refractivity contribution >= 4 is 65.6 Å². The molecular formula is C15H10Br3NO5. The number of hydrogen-bond donors (Lipinski definition) is 3. The first-order chi connectivity index (χ1) is 11.2. The molecule has 0 aliphatic carbocycles. The van der Waals surface area contributed by atoms with Gasteiger partial charge in [-0.05, 0) is 66.0 Å². The summed E-state index contributed by atoms with van der Waals surface area (Å²) in [6.07, 6.45) is 0. The van der Waals surface area contributed by atoms with Gasteiger partial charge in [-0.25, -0.2) is 9.59 Å². The van der Waals surface area contributed by atoms with Crippen LogP contribution in [-0.2, 0) is 0 Å². The van der Waals surface area contributed by atoms with Crippen LogP contribution in [0.15, 0.2) is 49.8 Å². The normalized spacial score (nSPS) is 9.62. The van der Waals surface area contributed by atoms with Gasteiger partial charge in [-0.3, -0.25) is 4.79 Å². The Morgan fingerprint density at radius 1 is 0.833 bits per heavy atom. The molecule has 0 saturated heterocycles. The summed E-state index contributed by atoms with van der Waals surface area (Å²) in [4.78, 5) is 32.1. The Balaban J connectivity index is 0.000000272. The molecule has 0 aromatic heterocycles. The zero-order valence-electron chi connectivity index (χ0n) is 11.8. The van der Waals surface area contributed by atoms with E-state index in [0.29, 0.717) is 14.5 Å². The minimum absolute atomic E-state index is 0.0313. The average Bonchev–Trinajstić information content (AvgIpc) is 2.47. The molecule has 0 aliphatic rings. The molecule has 1 amide bonds. The topological polar surface area (TPSA) is 118 Å². The minimum atomic E-state index is -1.20. The molecule has 2 aromatic rings. The van der Waals surface area contributed by atoms with E-state index in [1.165, 1.54) is 6.07 Å². The van der Waals surface area contributed by atoms with Crippen LogP contribution in [0.1, 0.15) is 31.1 Å². The molecule has 0 radical (unpaired) electrons. The van der Waals surface area contributed by atoms with Crippen molar-refractivity contribution < 1.29 is 24.6 Å². The Bertz CT molecular complexity index is 755. The number of amides is 1. The van der Waals surface area contributed by atoms with Crippen molar-refractivity contribution in [1.82, 2.24) is 0 Å². The van der Waals surface area contributed by atoms with Crippen molar-refractivity contribution in [2.24, 2.45) is 5.73 Å². The van der Waals surface area contributed by atoms with Gasteiger partial charge in [0.2, 0.25) is 5.91 Å². The summed E-state index contributed by atoms with van der Waals surface area (Å²) in [5.41, 5.74) is 5.30. The first kappa shape index (κ1) is 20.3. The fourth-order valence-electron chi connectivity index (χ4n) is 1.58. The highest BCUT2D eigenvalue weighted by Crippen LogP contribution is 2.34. The highest BCUT2D eigenvalue weighted by Gasteiger charge is 2.22. The fraction of sp³-hybridized carbons (Fsp3) is 0. The zero-order chi connectivity index (χ0) is 18.4. The SMILES string of the molecule is NC(=O)c1ccccc1.O=C(O)c1c(Br)cc(Br)c(C(=O)O)c1Br. The maximum Gasteiger partial charge on any atom is 0.338 e. The summed E-state index contributed by atoms with van der Waals surface area (Å²) in [6.45, 7) is 0. The molecule has 0 unspecified atom stereocenters. The van der Waals surface area contributed by atoms with Gasteiger partial charge >= 0.3 is 11.9 Å². The largest absolute Gasteiger partial charge is 0.478 e. The third-order valence-electron chi connectivity index (χ3n) is 2.66. The van der Waals surface area contributed by atoms with Crippen molar-refractivity contribution in [3.63, 3.8) is 0 Å². The maximum absolute atomic E-state index is 10.9. The summed E-state index contributed by atoms with van der Waals surface area (Å²) in [5.74, 6) is -2.79. The van der Waals surface area contributed by atoms with Crippen LogP contribution in [0.3, 0.4) is 0 Å². The van der Waals surface area contributed by atoms with Crippen LogP contribution < -0.4 is 5.73 Å². The van der Waals surface area contributed by atoms with E-state index < -0.39 is 11.9 Å². The molecule has 126 valence electrons. The van der Waals surface area contributed by atoms with Gasteiger partial charge in [-0.2, -0.15) is 0 Å². The third kappa shape index (κ3) is 5.15. The summed E-state index contributed by atoms with van der Waals surface area (Å²) >= 11 is 9.06. The van der Waals surface area contributed by atoms with Gasteiger partial charge < -0.3 is 15.9 Å². The molecular weight excluding hydrogens is 514 g/mol. The zero-order valence-corrected chi connectivity index (χ0v) is 16.6. The lowest BCUT2D eigenvalue weighted by atomic mass is 10.1. The van der Waals surface area contributed by atoms with Crippen LogP contribution >= 0.6 is 47.8 Å². The fourth-order valence-corrected chi connectivity index (χ4v) is 4.38. The molecule has 0 saturated carbocycles. The molecule has 0 aliphatic heterocycles. The predicted octanol–water partition coefficient (Wildman–Crippen LogP) is 4.16. The first-order valence-electron chi connectivity index (χ1n) is 6.15. The van der Waals surface area contributed by atoms with Gasteiger partial charge in [0.1, 0.15) is 0 Å². The summed E-state index contributed by atoms with van der Waals surface area (Å²) in [5, 5.41) is 17.8. The van der Waals surface area contributed by atoms with Gasteiger partial charge in [-0.1, -0.05) is 18.2 Å². The van der Waals surface area contributed by atoms with Crippen LogP contribution in [0.25, 0.3) is 0 Å². The first-order valence-corrected chi connectivity index (χ1v) is 8.53. The molecule has 6 nitrogen and oxygen atoms in total. The van der Waals surface area contributed by atoms with Crippen LogP contribution in [0, 0.1) is 0 Å². The molecule has 0 spiro atoms. The second kappa shape index (κ2) is 8.95. The summed E-state index contributed by atoms with van der Waals surface area (Å²) in [6, 6.07) is 10.1. The number of carbonyl (C=O) groups is 3. The van der Waals surface area contributed by atoms with Crippen LogP contribution in [-0.4, -0.2) is 28.1 Å². The number of rotatable bonds is 3. The van der Waals surface area contributed by atoms with E-state index >= 15 is 0 Å². The lowest BCUT2D eigenvalue weighted by Gasteiger charge is -2.08. The molecule has 2 rings (SSSR count). The number of aromatic carboxylic acids is 2. The lowest BCUT2D eigenvalue weighted by molar-refractivity contribution is 0.0694. The van der Waals surface area contributed by atoms with Crippen LogP contribution in [0.5, 0.6) is 0 Å². The van der Waals surface area contributed by atoms with E-state index in [4.69, 9.17) is 15.9 Å². The Morgan fingerprint density at radius 2 is 1.25 bits per heavy atom. The van der Waals surface area contributed by atoms with Gasteiger partial charge in [-0.15, -0.1) is 0 Å². The molecule has 2 aromatic carbocycles. The molecule has 4 N–H and O–H groups in total. The Kier molecular flexibility index (Phi) is 7.59. The number of primary amides is 1. The molecule has 24 heavy (non-hydrogen) atoms. The van der Waals surface area contributed by atoms with Gasteiger partial charge in [0.15, 0.2) is 0 Å². The quantitative estimate of drug-likeness (QED) is 0.558. The number of benzene rings is 2. The minimum Gasteiger partial charge on any atom is -0.478 e. The molecule has 9 heteroatoms. The van der Waals surface area contributed by atoms with Gasteiger partial charge in [0, 0.05) is 19.0 Å². The molecule has 0 heterocycles. The van der Waals surface area contributed by atoms with Crippen LogP contribution in [0.4, 0.5) is 0 Å². The summed E-state index contributed by atoms with van der Waals surface area (Å²) < 4.78 is 0.640. The highest BCUT2D eigenvalue weighted by molar-refractivity contribution is 9.11. The Hall–Kier alpha value is -1.71. The molecule has 0 bridgehead atoms. The molecule has 0 atom stereocenters. The monoisotopic (exact) mass is 521 g/mol. The maximum atomic E-state index is 10.9. The third-order valence-corrected chi connectivity index (χ3v) is 4.70. The summed E-state index contributed by atoms with van der Waals surface area (Å²) in [7, 11) is 0. The number of nitrogens with two attached hydrogens (primary N) is 1. The lowest BCUT2D eigenvalue weighted by Crippen LogP contribution is -2.09. The average molecular weight is 524 g/mol. The number of carboxylic acids is 2. The van der Waals surface area contributed by atoms with E-state index in [1.54, 1.807) is 24.3 Å². The number of halogens is 3. The van der Waals surface area contributed by atoms with E-state index in [0.717, 1.165) is 0 Å². The van der Waals surface area contributed by atoms with Crippen LogP contribution in [0.2, 0.25) is 0 Å². The number of carbonyl (C=O) groups excluding carboxylic acids is 1. The number of carboxylic acid groups (broad SMARTS) is 2. The van der Waals surface area contributed by atoms with Crippen molar-refractivity contribution in [1.29, 1.82) is 0 Å². The predicted molar refractivity (Wildman–Crippen MR) is 98.4 cm³/mol. The van der Waals surface area contributed by atoms with Gasteiger partial charge in [0.05, 0.1) is 11.1 Å². The van der Waals surface area contributed by atoms with E-state index in [2.05, 4.69) is 47.8 Å². The van der Waals surface area contributed by atoms with Gasteiger partial charge in [0.25, 0.3) is 0 Å². The van der Waals surface area contributed by atoms with E-state index in [-0.39, 0.29) is 21.5 Å². The van der Waals surface area contributed by atoms with Crippen molar-refractivity contribution in [3.05, 3.63) is 66.5 Å². The van der Waals surface area contributed by atoms with E-state index in [1.807, 2.05) is 6.07 Å². The second-order valence-corrected chi connectivity index (χ2v) is 6.75. The van der Waals surface area contributed by atoms with Crippen molar-refractivity contribution in [2.45, 2.75) is 0 Å². The Labute approximate surface area is 162 Å². The van der Waals surface area contributed by atoms with Crippen molar-refractivity contribution in [3.8, 4) is 0 Å². The second-order valence-electron chi connectivity index (χ2n) is 4.24. The van der Waals surface area contributed by atoms with E-state index in [9.17, 15) is 14.4 Å². The molecule has 0 fully saturated rings. The standard InChI is InChI=1S/C8H3Br3O4.C7H7NO/c9-2-1-3(10)5(8(14)15)6(11)4(2)7(12)13;8-7(9)6-4-2-1-3-5-6/h1H,(H,12,13)(H,14,15);1-5H,(H2,8,9). The highest BCUT2D eigenvalue weighted by atomic mass is 79.9. The Morgan fingerprint density at radius 3 is 1.54 bits per heavy atom.